The van der Waals surface area contributed by atoms with Crippen molar-refractivity contribution in [3.8, 4) is 11.3 Å². The van der Waals surface area contributed by atoms with Gasteiger partial charge in [0.15, 0.2) is 0 Å². The number of aromatic nitrogens is 2. The summed E-state index contributed by atoms with van der Waals surface area (Å²) in [6, 6.07) is 24.8. The Kier molecular flexibility index (Phi) is 8.30. The highest BCUT2D eigenvalue weighted by Gasteiger charge is 2.34. The van der Waals surface area contributed by atoms with E-state index in [0.717, 1.165) is 49.1 Å². The van der Waals surface area contributed by atoms with Crippen molar-refractivity contribution < 1.29 is 8.78 Å². The normalized spacial score (nSPS) is 15.3. The van der Waals surface area contributed by atoms with Crippen LogP contribution in [-0.2, 0) is 13.1 Å². The second-order valence-corrected chi connectivity index (χ2v) is 10.5. The summed E-state index contributed by atoms with van der Waals surface area (Å²) in [6.07, 6.45) is 4.08. The van der Waals surface area contributed by atoms with Gasteiger partial charge in [-0.1, -0.05) is 80.6 Å². The predicted molar refractivity (Wildman–Crippen MR) is 149 cm³/mol. The van der Waals surface area contributed by atoms with Crippen molar-refractivity contribution in [2.24, 2.45) is 5.92 Å². The molecule has 198 valence electrons. The lowest BCUT2D eigenvalue weighted by molar-refractivity contribution is 0.0647. The van der Waals surface area contributed by atoms with Crippen LogP contribution in [0.3, 0.4) is 0 Å². The van der Waals surface area contributed by atoms with Gasteiger partial charge in [0, 0.05) is 42.5 Å². The zero-order valence-electron chi connectivity index (χ0n) is 22.2. The first-order chi connectivity index (χ1) is 18.5. The van der Waals surface area contributed by atoms with Gasteiger partial charge >= 0.3 is 0 Å². The highest BCUT2D eigenvalue weighted by atomic mass is 19.1. The maximum atomic E-state index is 14.9. The first kappa shape index (κ1) is 26.3. The van der Waals surface area contributed by atoms with Gasteiger partial charge in [-0.2, -0.15) is 0 Å². The molecule has 0 bridgehead atoms. The summed E-state index contributed by atoms with van der Waals surface area (Å²) < 4.78 is 30.9. The Morgan fingerprint density at radius 1 is 0.947 bits per heavy atom. The molecule has 4 nitrogen and oxygen atoms in total. The maximum absolute atomic E-state index is 14.9. The molecule has 1 fully saturated rings. The first-order valence-electron chi connectivity index (χ1n) is 13.6. The van der Waals surface area contributed by atoms with Crippen molar-refractivity contribution in [3.05, 3.63) is 114 Å². The van der Waals surface area contributed by atoms with Crippen molar-refractivity contribution in [2.45, 2.75) is 51.9 Å². The van der Waals surface area contributed by atoms with Gasteiger partial charge in [0.25, 0.3) is 0 Å². The van der Waals surface area contributed by atoms with Crippen LogP contribution >= 0.6 is 0 Å². The molecule has 1 aliphatic rings. The molecule has 6 heteroatoms. The van der Waals surface area contributed by atoms with Gasteiger partial charge in [0.1, 0.15) is 17.5 Å². The second kappa shape index (κ2) is 12.0. The van der Waals surface area contributed by atoms with E-state index in [2.05, 4.69) is 71.2 Å². The summed E-state index contributed by atoms with van der Waals surface area (Å²) in [5, 5.41) is 3.46. The van der Waals surface area contributed by atoms with E-state index >= 15 is 0 Å². The summed E-state index contributed by atoms with van der Waals surface area (Å²) >= 11 is 0. The van der Waals surface area contributed by atoms with Crippen molar-refractivity contribution in [2.75, 3.05) is 13.1 Å². The van der Waals surface area contributed by atoms with E-state index < -0.39 is 11.6 Å². The molecule has 0 amide bonds. The summed E-state index contributed by atoms with van der Waals surface area (Å²) in [5.74, 6) is 0.146. The van der Waals surface area contributed by atoms with E-state index in [1.165, 1.54) is 11.6 Å². The molecule has 38 heavy (non-hydrogen) atoms. The predicted octanol–water partition coefficient (Wildman–Crippen LogP) is 6.83. The van der Waals surface area contributed by atoms with E-state index in [0.29, 0.717) is 18.7 Å². The molecule has 4 aromatic rings. The Morgan fingerprint density at radius 2 is 1.63 bits per heavy atom. The van der Waals surface area contributed by atoms with Crippen LogP contribution in [0.1, 0.15) is 49.7 Å². The maximum Gasteiger partial charge on any atom is 0.130 e. The van der Waals surface area contributed by atoms with Crippen LogP contribution in [0, 0.1) is 17.6 Å². The van der Waals surface area contributed by atoms with Crippen molar-refractivity contribution in [1.82, 2.24) is 19.8 Å². The molecule has 1 aliphatic heterocycles. The van der Waals surface area contributed by atoms with Gasteiger partial charge in [-0.15, -0.1) is 0 Å². The molecule has 0 spiro atoms. The SMILES string of the molecule is CC(C)[C@H](c1nc(-c2ccccc2)cn1Cc1ccccc1)N(Cc1ccc(F)cc1F)C1CCNCC1. The summed E-state index contributed by atoms with van der Waals surface area (Å²) in [4.78, 5) is 7.66. The number of hydrogen-bond donors (Lipinski definition) is 1. The summed E-state index contributed by atoms with van der Waals surface area (Å²) in [6.45, 7) is 7.37. The fraction of sp³-hybridized carbons (Fsp3) is 0.344. The van der Waals surface area contributed by atoms with E-state index in [9.17, 15) is 8.78 Å². The minimum absolute atomic E-state index is 0.0521. The van der Waals surface area contributed by atoms with E-state index in [1.807, 2.05) is 24.3 Å². The first-order valence-corrected chi connectivity index (χ1v) is 13.6. The van der Waals surface area contributed by atoms with Crippen molar-refractivity contribution in [3.63, 3.8) is 0 Å². The lowest BCUT2D eigenvalue weighted by atomic mass is 9.94. The number of imidazole rings is 1. The number of nitrogens with one attached hydrogen (secondary N) is 1. The van der Waals surface area contributed by atoms with Crippen LogP contribution in [0.4, 0.5) is 8.78 Å². The monoisotopic (exact) mass is 514 g/mol. The smallest absolute Gasteiger partial charge is 0.130 e. The summed E-state index contributed by atoms with van der Waals surface area (Å²) in [5.41, 5.74) is 3.72. The van der Waals surface area contributed by atoms with Crippen LogP contribution in [0.25, 0.3) is 11.3 Å². The minimum atomic E-state index is -0.550. The van der Waals surface area contributed by atoms with Gasteiger partial charge in [-0.3, -0.25) is 4.90 Å². The number of rotatable bonds is 9. The van der Waals surface area contributed by atoms with Crippen LogP contribution < -0.4 is 5.32 Å². The molecule has 5 rings (SSSR count). The third-order valence-electron chi connectivity index (χ3n) is 7.47. The molecule has 0 unspecified atom stereocenters. The summed E-state index contributed by atoms with van der Waals surface area (Å²) in [7, 11) is 0. The second-order valence-electron chi connectivity index (χ2n) is 10.5. The molecule has 0 radical (unpaired) electrons. The van der Waals surface area contributed by atoms with E-state index in [-0.39, 0.29) is 18.0 Å². The number of hydrogen-bond acceptors (Lipinski definition) is 3. The minimum Gasteiger partial charge on any atom is -0.329 e. The highest BCUT2D eigenvalue weighted by molar-refractivity contribution is 5.58. The molecule has 3 aromatic carbocycles. The number of nitrogens with zero attached hydrogens (tertiary/aromatic N) is 3. The third kappa shape index (κ3) is 6.03. The lowest BCUT2D eigenvalue weighted by Crippen LogP contribution is -2.46. The average molecular weight is 515 g/mol. The number of benzene rings is 3. The zero-order valence-corrected chi connectivity index (χ0v) is 22.2. The fourth-order valence-corrected chi connectivity index (χ4v) is 5.59. The van der Waals surface area contributed by atoms with Gasteiger partial charge < -0.3 is 9.88 Å². The van der Waals surface area contributed by atoms with Gasteiger partial charge in [-0.25, -0.2) is 13.8 Å². The standard InChI is InChI=1S/C32H36F2N4/c1-23(2)31(38(28-15-17-35-18-16-28)21-26-13-14-27(33)19-29(26)34)32-36-30(25-11-7-4-8-12-25)22-37(32)20-24-9-5-3-6-10-24/h3-14,19,22-23,28,31,35H,15-18,20-21H2,1-2H3/t31-/m1/s1. The van der Waals surface area contributed by atoms with Crippen LogP contribution in [0.5, 0.6) is 0 Å². The molecular formula is C32H36F2N4. The van der Waals surface area contributed by atoms with Crippen LogP contribution in [-0.4, -0.2) is 33.6 Å². The highest BCUT2D eigenvalue weighted by Crippen LogP contribution is 2.36. The molecule has 1 N–H and O–H groups in total. The molecule has 1 saturated heterocycles. The molecule has 2 heterocycles. The molecule has 0 saturated carbocycles. The Morgan fingerprint density at radius 3 is 2.29 bits per heavy atom. The largest absolute Gasteiger partial charge is 0.329 e. The van der Waals surface area contributed by atoms with Crippen molar-refractivity contribution in [1.29, 1.82) is 0 Å². The molecule has 1 aromatic heterocycles. The topological polar surface area (TPSA) is 33.1 Å². The lowest BCUT2D eigenvalue weighted by Gasteiger charge is -2.42. The van der Waals surface area contributed by atoms with E-state index in [1.54, 1.807) is 6.07 Å². The Labute approximate surface area is 224 Å². The van der Waals surface area contributed by atoms with E-state index in [4.69, 9.17) is 4.98 Å². The average Bonchev–Trinajstić information content (AvgIpc) is 3.34. The van der Waals surface area contributed by atoms with Gasteiger partial charge in [0.2, 0.25) is 0 Å². The van der Waals surface area contributed by atoms with Crippen molar-refractivity contribution >= 4 is 0 Å². The van der Waals surface area contributed by atoms with Gasteiger partial charge in [0.05, 0.1) is 11.7 Å². The third-order valence-corrected chi connectivity index (χ3v) is 7.47. The number of piperidine rings is 1. The van der Waals surface area contributed by atoms with Gasteiger partial charge in [-0.05, 0) is 43.5 Å². The zero-order chi connectivity index (χ0) is 26.5. The molecular weight excluding hydrogens is 478 g/mol. The Bertz CT molecular complexity index is 1310. The van der Waals surface area contributed by atoms with Crippen LogP contribution in [0.2, 0.25) is 0 Å². The number of halogens is 2. The fourth-order valence-electron chi connectivity index (χ4n) is 5.59. The Hall–Kier alpha value is -3.35. The molecule has 1 atom stereocenters. The molecule has 0 aliphatic carbocycles. The quantitative estimate of drug-likeness (QED) is 0.266. The Balaban J connectivity index is 1.60. The van der Waals surface area contributed by atoms with Crippen LogP contribution in [0.15, 0.2) is 85.1 Å².